The van der Waals surface area contributed by atoms with Crippen LogP contribution in [0.5, 0.6) is 5.75 Å². The molecule has 0 aliphatic carbocycles. The number of phenols is 1. The molecule has 0 atom stereocenters. The Kier molecular flexibility index (Phi) is 11.8. The number of anilines is 2. The van der Waals surface area contributed by atoms with Crippen molar-refractivity contribution in [3.05, 3.63) is 60.2 Å². The van der Waals surface area contributed by atoms with Crippen LogP contribution in [0.15, 0.2) is 49.0 Å². The predicted molar refractivity (Wildman–Crippen MR) is 150 cm³/mol. The minimum absolute atomic E-state index is 0.181. The molecule has 1 saturated heterocycles. The molecule has 3 rings (SSSR count). The van der Waals surface area contributed by atoms with Crippen LogP contribution in [-0.2, 0) is 4.79 Å². The van der Waals surface area contributed by atoms with Gasteiger partial charge in [-0.25, -0.2) is 0 Å². The average molecular weight is 480 g/mol. The van der Waals surface area contributed by atoms with E-state index in [2.05, 4.69) is 42.6 Å². The molecule has 0 radical (unpaired) electrons. The zero-order valence-electron chi connectivity index (χ0n) is 22.4. The fourth-order valence-electron chi connectivity index (χ4n) is 4.37. The van der Waals surface area contributed by atoms with Gasteiger partial charge in [0.15, 0.2) is 0 Å². The van der Waals surface area contributed by atoms with Crippen LogP contribution in [0.25, 0.3) is 5.70 Å². The number of carbonyl (C=O) groups is 1. The Hall–Kier alpha value is -2.79. The number of ketones is 1. The number of aryl methyl sites for hydroxylation is 1. The Balaban J connectivity index is 0.000000410. The van der Waals surface area contributed by atoms with Crippen molar-refractivity contribution in [1.82, 2.24) is 4.90 Å². The molecule has 0 unspecified atom stereocenters. The van der Waals surface area contributed by atoms with Gasteiger partial charge >= 0.3 is 0 Å². The first kappa shape index (κ1) is 28.4. The second kappa shape index (κ2) is 14.6. The summed E-state index contributed by atoms with van der Waals surface area (Å²) in [6.45, 7) is 16.5. The number of nitrogens with zero attached hydrogens (tertiary/aromatic N) is 2. The van der Waals surface area contributed by atoms with Crippen molar-refractivity contribution in [3.63, 3.8) is 0 Å². The Labute approximate surface area is 212 Å². The Morgan fingerprint density at radius 2 is 1.80 bits per heavy atom. The molecular formula is C30H45N3O2. The lowest BCUT2D eigenvalue weighted by atomic mass is 9.93. The number of unbranched alkanes of at least 4 members (excludes halogenated alkanes) is 1. The van der Waals surface area contributed by atoms with E-state index in [4.69, 9.17) is 0 Å². The number of para-hydroxylation sites is 1. The van der Waals surface area contributed by atoms with Gasteiger partial charge in [0.25, 0.3) is 0 Å². The summed E-state index contributed by atoms with van der Waals surface area (Å²) < 4.78 is 0. The van der Waals surface area contributed by atoms with Gasteiger partial charge in [0.2, 0.25) is 0 Å². The minimum atomic E-state index is 0.181. The number of Topliss-reactive ketones (excluding diaryl/α,β-unsaturated/α-hetero) is 1. The first-order chi connectivity index (χ1) is 16.8. The van der Waals surface area contributed by atoms with Gasteiger partial charge in [-0.3, -0.25) is 4.79 Å². The summed E-state index contributed by atoms with van der Waals surface area (Å²) in [4.78, 5) is 16.2. The lowest BCUT2D eigenvalue weighted by Crippen LogP contribution is -2.35. The van der Waals surface area contributed by atoms with Gasteiger partial charge in [0.1, 0.15) is 11.5 Å². The quantitative estimate of drug-likeness (QED) is 0.396. The van der Waals surface area contributed by atoms with Gasteiger partial charge in [-0.05, 0) is 89.5 Å². The Bertz CT molecular complexity index is 948. The van der Waals surface area contributed by atoms with Crippen LogP contribution in [0.4, 0.5) is 11.4 Å². The van der Waals surface area contributed by atoms with Crippen LogP contribution in [0.1, 0.15) is 64.0 Å². The lowest BCUT2D eigenvalue weighted by molar-refractivity contribution is -0.121. The number of carbonyl (C=O) groups excluding carboxylic acids is 1. The molecule has 192 valence electrons. The third-order valence-electron chi connectivity index (χ3n) is 6.67. The molecule has 0 spiro atoms. The number of rotatable bonds is 10. The molecule has 2 N–H and O–H groups in total. The molecule has 5 nitrogen and oxygen atoms in total. The van der Waals surface area contributed by atoms with E-state index >= 15 is 0 Å². The van der Waals surface area contributed by atoms with E-state index < -0.39 is 0 Å². The normalized spacial score (nSPS) is 13.8. The van der Waals surface area contributed by atoms with Gasteiger partial charge in [-0.1, -0.05) is 45.0 Å². The number of phenolic OH excluding ortho intramolecular Hbond substituents is 1. The van der Waals surface area contributed by atoms with E-state index in [0.29, 0.717) is 11.3 Å². The third-order valence-corrected chi connectivity index (χ3v) is 6.67. The highest BCUT2D eigenvalue weighted by Crippen LogP contribution is 2.32. The highest BCUT2D eigenvalue weighted by atomic mass is 16.3. The highest BCUT2D eigenvalue weighted by Gasteiger charge is 2.23. The topological polar surface area (TPSA) is 55.8 Å². The summed E-state index contributed by atoms with van der Waals surface area (Å²) in [6, 6.07) is 13.6. The molecule has 2 aromatic rings. The van der Waals surface area contributed by atoms with Gasteiger partial charge in [0.05, 0.1) is 0 Å². The molecule has 0 aromatic heterocycles. The van der Waals surface area contributed by atoms with Crippen molar-refractivity contribution >= 4 is 22.9 Å². The van der Waals surface area contributed by atoms with Crippen molar-refractivity contribution in [2.24, 2.45) is 5.92 Å². The fraction of sp³-hybridized carbons (Fsp3) is 0.500. The minimum Gasteiger partial charge on any atom is -0.507 e. The third kappa shape index (κ3) is 9.06. The average Bonchev–Trinajstić information content (AvgIpc) is 2.85. The summed E-state index contributed by atoms with van der Waals surface area (Å²) >= 11 is 0. The smallest absolute Gasteiger partial charge is 0.133 e. The van der Waals surface area contributed by atoms with E-state index in [1.807, 2.05) is 43.3 Å². The van der Waals surface area contributed by atoms with E-state index in [9.17, 15) is 9.90 Å². The summed E-state index contributed by atoms with van der Waals surface area (Å²) in [5.74, 6) is 0.672. The van der Waals surface area contributed by atoms with Crippen LogP contribution in [-0.4, -0.2) is 49.0 Å². The molecule has 35 heavy (non-hydrogen) atoms. The molecule has 0 bridgehead atoms. The summed E-state index contributed by atoms with van der Waals surface area (Å²) in [6.07, 6.45) is 5.70. The van der Waals surface area contributed by atoms with Gasteiger partial charge < -0.3 is 20.2 Å². The van der Waals surface area contributed by atoms with Gasteiger partial charge in [-0.15, -0.1) is 0 Å². The summed E-state index contributed by atoms with van der Waals surface area (Å²) in [5.41, 5.74) is 4.50. The van der Waals surface area contributed by atoms with Crippen LogP contribution in [0, 0.1) is 12.8 Å². The van der Waals surface area contributed by atoms with E-state index in [0.717, 1.165) is 42.9 Å². The second-order valence-corrected chi connectivity index (χ2v) is 9.65. The van der Waals surface area contributed by atoms with Crippen molar-refractivity contribution in [3.8, 4) is 5.75 Å². The zero-order valence-corrected chi connectivity index (χ0v) is 22.4. The fourth-order valence-corrected chi connectivity index (χ4v) is 4.37. The highest BCUT2D eigenvalue weighted by molar-refractivity contribution is 5.81. The molecule has 1 aliphatic heterocycles. The monoisotopic (exact) mass is 479 g/mol. The number of hydrogen-bond acceptors (Lipinski definition) is 5. The largest absolute Gasteiger partial charge is 0.507 e. The predicted octanol–water partition coefficient (Wildman–Crippen LogP) is 6.72. The van der Waals surface area contributed by atoms with Crippen LogP contribution in [0.3, 0.4) is 0 Å². The Morgan fingerprint density at radius 1 is 1.11 bits per heavy atom. The molecular weight excluding hydrogens is 434 g/mol. The molecule has 1 heterocycles. The van der Waals surface area contributed by atoms with Crippen molar-refractivity contribution < 1.29 is 9.90 Å². The molecule has 5 heteroatoms. The van der Waals surface area contributed by atoms with Crippen LogP contribution >= 0.6 is 0 Å². The van der Waals surface area contributed by atoms with Crippen molar-refractivity contribution in [2.75, 3.05) is 43.4 Å². The zero-order chi connectivity index (χ0) is 25.8. The van der Waals surface area contributed by atoms with Crippen LogP contribution < -0.4 is 10.2 Å². The number of nitrogens with one attached hydrogen (secondary N) is 1. The number of hydrogen-bond donors (Lipinski definition) is 2. The van der Waals surface area contributed by atoms with Crippen molar-refractivity contribution in [2.45, 2.75) is 59.8 Å². The standard InChI is InChI=1S/C22H26N2O2.C8H19N/c1-15-6-4-5-7-21(15)23-16(2)20-14-19(8-9-22(20)26)24-12-10-18(11-13-24)17(3)25;1-4-6-8-9(3)7-5-2/h4-9,14,18,23,26H,2,10-13H2,1,3H3;4-8H2,1-3H3. The van der Waals surface area contributed by atoms with E-state index in [1.165, 1.54) is 32.4 Å². The maximum atomic E-state index is 11.6. The summed E-state index contributed by atoms with van der Waals surface area (Å²) in [7, 11) is 2.19. The number of benzene rings is 2. The summed E-state index contributed by atoms with van der Waals surface area (Å²) in [5, 5.41) is 13.6. The Morgan fingerprint density at radius 3 is 2.40 bits per heavy atom. The molecule has 1 fully saturated rings. The van der Waals surface area contributed by atoms with Crippen LogP contribution in [0.2, 0.25) is 0 Å². The maximum Gasteiger partial charge on any atom is 0.133 e. The second-order valence-electron chi connectivity index (χ2n) is 9.65. The van der Waals surface area contributed by atoms with Gasteiger partial charge in [-0.2, -0.15) is 0 Å². The van der Waals surface area contributed by atoms with Gasteiger partial charge in [0, 0.05) is 41.6 Å². The number of piperidine rings is 1. The molecule has 0 saturated carbocycles. The van der Waals surface area contributed by atoms with Crippen molar-refractivity contribution in [1.29, 1.82) is 0 Å². The van der Waals surface area contributed by atoms with E-state index in [-0.39, 0.29) is 17.5 Å². The maximum absolute atomic E-state index is 11.6. The molecule has 2 aromatic carbocycles. The first-order valence-electron chi connectivity index (χ1n) is 13.1. The molecule has 1 aliphatic rings. The molecule has 0 amide bonds. The van der Waals surface area contributed by atoms with E-state index in [1.54, 1.807) is 13.0 Å². The first-order valence-corrected chi connectivity index (χ1v) is 13.1. The SMILES string of the molecule is C=C(Nc1ccccc1C)c1cc(N2CCC(C(C)=O)CC2)ccc1O.CCCCN(C)CCC. The lowest BCUT2D eigenvalue weighted by Gasteiger charge is -2.33. The number of aromatic hydroxyl groups is 1.